The van der Waals surface area contributed by atoms with Gasteiger partial charge in [0, 0.05) is 11.8 Å². The molecule has 3 aromatic carbocycles. The van der Waals surface area contributed by atoms with E-state index in [0.29, 0.717) is 36.1 Å². The Kier molecular flexibility index (Phi) is 5.43. The molecule has 1 aliphatic rings. The predicted octanol–water partition coefficient (Wildman–Crippen LogP) is 3.80. The van der Waals surface area contributed by atoms with Crippen LogP contribution >= 0.6 is 0 Å². The van der Waals surface area contributed by atoms with Crippen LogP contribution in [0.2, 0.25) is 0 Å². The summed E-state index contributed by atoms with van der Waals surface area (Å²) in [6.07, 6.45) is -1.01. The van der Waals surface area contributed by atoms with Crippen molar-refractivity contribution in [2.45, 2.75) is 13.0 Å². The quantitative estimate of drug-likeness (QED) is 0.648. The van der Waals surface area contributed by atoms with Crippen molar-refractivity contribution >= 4 is 28.3 Å². The zero-order chi connectivity index (χ0) is 21.1. The average Bonchev–Trinajstić information content (AvgIpc) is 2.77. The second-order valence-electron chi connectivity index (χ2n) is 6.79. The molecule has 154 valence electrons. The zero-order valence-electron chi connectivity index (χ0n) is 16.6. The second-order valence-corrected chi connectivity index (χ2v) is 6.79. The van der Waals surface area contributed by atoms with E-state index in [1.54, 1.807) is 30.3 Å². The molecule has 1 amide bonds. The molecule has 0 saturated carbocycles. The standard InChI is InChI=1S/C23H21NO6/c1-14(22(25)24-17-7-8-19-21(13-17)29-10-9-28-19)30-23(26)18-11-15-5-3-4-6-16(15)12-20(18)27-2/h3-8,11-14H,9-10H2,1-2H3,(H,24,25). The summed E-state index contributed by atoms with van der Waals surface area (Å²) in [6, 6.07) is 16.2. The fraction of sp³-hybridized carbons (Fsp3) is 0.217. The van der Waals surface area contributed by atoms with E-state index in [4.69, 9.17) is 18.9 Å². The number of amides is 1. The van der Waals surface area contributed by atoms with Crippen LogP contribution in [0.5, 0.6) is 17.2 Å². The first-order chi connectivity index (χ1) is 14.5. The molecule has 3 aromatic rings. The summed E-state index contributed by atoms with van der Waals surface area (Å²) in [4.78, 5) is 25.2. The van der Waals surface area contributed by atoms with E-state index in [1.165, 1.54) is 14.0 Å². The summed E-state index contributed by atoms with van der Waals surface area (Å²) in [5, 5.41) is 4.54. The molecule has 1 unspecified atom stereocenters. The number of nitrogens with one attached hydrogen (secondary N) is 1. The average molecular weight is 407 g/mol. The number of benzene rings is 3. The predicted molar refractivity (Wildman–Crippen MR) is 111 cm³/mol. The minimum Gasteiger partial charge on any atom is -0.496 e. The number of carbonyl (C=O) groups is 2. The summed E-state index contributed by atoms with van der Waals surface area (Å²) >= 11 is 0. The van der Waals surface area contributed by atoms with Crippen molar-refractivity contribution in [2.24, 2.45) is 0 Å². The largest absolute Gasteiger partial charge is 0.496 e. The second kappa shape index (κ2) is 8.32. The molecule has 0 fully saturated rings. The number of hydrogen-bond acceptors (Lipinski definition) is 6. The molecule has 0 spiro atoms. The SMILES string of the molecule is COc1cc2ccccc2cc1C(=O)OC(C)C(=O)Nc1ccc2c(c1)OCCO2. The van der Waals surface area contributed by atoms with Crippen molar-refractivity contribution in [3.05, 3.63) is 60.2 Å². The Balaban J connectivity index is 1.46. The molecule has 0 saturated heterocycles. The third kappa shape index (κ3) is 4.00. The van der Waals surface area contributed by atoms with Crippen LogP contribution in [0.25, 0.3) is 10.8 Å². The van der Waals surface area contributed by atoms with Gasteiger partial charge in [-0.2, -0.15) is 0 Å². The van der Waals surface area contributed by atoms with Gasteiger partial charge in [-0.25, -0.2) is 4.79 Å². The van der Waals surface area contributed by atoms with E-state index in [2.05, 4.69) is 5.32 Å². The molecule has 0 bridgehead atoms. The fourth-order valence-electron chi connectivity index (χ4n) is 3.19. The van der Waals surface area contributed by atoms with E-state index >= 15 is 0 Å². The Labute approximate surface area is 173 Å². The highest BCUT2D eigenvalue weighted by Crippen LogP contribution is 2.32. The first kappa shape index (κ1) is 19.6. The molecule has 7 heteroatoms. The molecule has 1 N–H and O–H groups in total. The number of esters is 1. The van der Waals surface area contributed by atoms with Gasteiger partial charge in [0.2, 0.25) is 0 Å². The summed E-state index contributed by atoms with van der Waals surface area (Å²) in [6.45, 7) is 2.45. The Hall–Kier alpha value is -3.74. The van der Waals surface area contributed by atoms with Crippen molar-refractivity contribution in [2.75, 3.05) is 25.6 Å². The third-order valence-electron chi connectivity index (χ3n) is 4.75. The van der Waals surface area contributed by atoms with Gasteiger partial charge in [0.15, 0.2) is 17.6 Å². The smallest absolute Gasteiger partial charge is 0.342 e. The van der Waals surface area contributed by atoms with Gasteiger partial charge in [-0.15, -0.1) is 0 Å². The maximum absolute atomic E-state index is 12.7. The van der Waals surface area contributed by atoms with Crippen LogP contribution in [0.1, 0.15) is 17.3 Å². The van der Waals surface area contributed by atoms with Gasteiger partial charge in [-0.05, 0) is 42.0 Å². The Morgan fingerprint density at radius 2 is 1.67 bits per heavy atom. The topological polar surface area (TPSA) is 83.1 Å². The molecule has 1 aliphatic heterocycles. The summed E-state index contributed by atoms with van der Waals surface area (Å²) in [5.41, 5.74) is 0.783. The molecule has 4 rings (SSSR count). The molecule has 0 radical (unpaired) electrons. The van der Waals surface area contributed by atoms with Crippen molar-refractivity contribution in [3.63, 3.8) is 0 Å². The molecule has 1 atom stereocenters. The lowest BCUT2D eigenvalue weighted by Gasteiger charge is -2.19. The number of rotatable bonds is 5. The highest BCUT2D eigenvalue weighted by atomic mass is 16.6. The number of hydrogen-bond donors (Lipinski definition) is 1. The normalized spacial score (nSPS) is 13.4. The number of ether oxygens (including phenoxy) is 4. The molecule has 30 heavy (non-hydrogen) atoms. The maximum atomic E-state index is 12.7. The summed E-state index contributed by atoms with van der Waals surface area (Å²) in [7, 11) is 1.49. The van der Waals surface area contributed by atoms with E-state index in [9.17, 15) is 9.59 Å². The Morgan fingerprint density at radius 1 is 0.967 bits per heavy atom. The summed E-state index contributed by atoms with van der Waals surface area (Å²) in [5.74, 6) is 0.479. The van der Waals surface area contributed by atoms with Crippen LogP contribution in [-0.2, 0) is 9.53 Å². The van der Waals surface area contributed by atoms with Crippen molar-refractivity contribution < 1.29 is 28.5 Å². The lowest BCUT2D eigenvalue weighted by Crippen LogP contribution is -2.30. The number of carbonyl (C=O) groups excluding carboxylic acids is 2. The molecule has 0 aliphatic carbocycles. The molecule has 1 heterocycles. The molecule has 0 aromatic heterocycles. The van der Waals surface area contributed by atoms with Crippen molar-refractivity contribution in [1.82, 2.24) is 0 Å². The minimum absolute atomic E-state index is 0.259. The van der Waals surface area contributed by atoms with Crippen LogP contribution in [0.4, 0.5) is 5.69 Å². The monoisotopic (exact) mass is 407 g/mol. The van der Waals surface area contributed by atoms with Crippen molar-refractivity contribution in [1.29, 1.82) is 0 Å². The molecule has 7 nitrogen and oxygen atoms in total. The van der Waals surface area contributed by atoms with Crippen LogP contribution < -0.4 is 19.5 Å². The van der Waals surface area contributed by atoms with Gasteiger partial charge in [-0.3, -0.25) is 4.79 Å². The van der Waals surface area contributed by atoms with Gasteiger partial charge in [-0.1, -0.05) is 24.3 Å². The lowest BCUT2D eigenvalue weighted by atomic mass is 10.1. The zero-order valence-corrected chi connectivity index (χ0v) is 16.6. The van der Waals surface area contributed by atoms with E-state index < -0.39 is 18.0 Å². The lowest BCUT2D eigenvalue weighted by molar-refractivity contribution is -0.123. The van der Waals surface area contributed by atoms with Crippen LogP contribution in [-0.4, -0.2) is 38.3 Å². The first-order valence-electron chi connectivity index (χ1n) is 9.53. The van der Waals surface area contributed by atoms with E-state index in [0.717, 1.165) is 10.8 Å². The Bertz CT molecular complexity index is 1110. The highest BCUT2D eigenvalue weighted by Gasteiger charge is 2.22. The van der Waals surface area contributed by atoms with Crippen molar-refractivity contribution in [3.8, 4) is 17.2 Å². The fourth-order valence-corrected chi connectivity index (χ4v) is 3.19. The van der Waals surface area contributed by atoms with E-state index in [-0.39, 0.29) is 5.56 Å². The number of fused-ring (bicyclic) bond motifs is 2. The van der Waals surface area contributed by atoms with Gasteiger partial charge in [0.05, 0.1) is 7.11 Å². The number of anilines is 1. The highest BCUT2D eigenvalue weighted by molar-refractivity contribution is 6.01. The van der Waals surface area contributed by atoms with Crippen LogP contribution in [0.15, 0.2) is 54.6 Å². The van der Waals surface area contributed by atoms with Gasteiger partial charge >= 0.3 is 5.97 Å². The maximum Gasteiger partial charge on any atom is 0.342 e. The Morgan fingerprint density at radius 3 is 2.40 bits per heavy atom. The third-order valence-corrected chi connectivity index (χ3v) is 4.75. The van der Waals surface area contributed by atoms with Gasteiger partial charge < -0.3 is 24.3 Å². The van der Waals surface area contributed by atoms with Gasteiger partial charge in [0.25, 0.3) is 5.91 Å². The number of methoxy groups -OCH3 is 1. The van der Waals surface area contributed by atoms with Crippen LogP contribution in [0.3, 0.4) is 0 Å². The minimum atomic E-state index is -1.01. The van der Waals surface area contributed by atoms with E-state index in [1.807, 2.05) is 24.3 Å². The first-order valence-corrected chi connectivity index (χ1v) is 9.53. The van der Waals surface area contributed by atoms with Crippen LogP contribution in [0, 0.1) is 0 Å². The molecular formula is C23H21NO6. The van der Waals surface area contributed by atoms with Gasteiger partial charge in [0.1, 0.15) is 24.5 Å². The molecular weight excluding hydrogens is 386 g/mol. The summed E-state index contributed by atoms with van der Waals surface area (Å²) < 4.78 is 21.7.